The number of primary amides is 1. The third-order valence-corrected chi connectivity index (χ3v) is 5.55. The second-order valence-electron chi connectivity index (χ2n) is 8.66. The van der Waals surface area contributed by atoms with Gasteiger partial charge in [0.15, 0.2) is 5.96 Å². The maximum absolute atomic E-state index is 13.0. The molecule has 0 aliphatic heterocycles. The van der Waals surface area contributed by atoms with Gasteiger partial charge >= 0.3 is 5.97 Å². The summed E-state index contributed by atoms with van der Waals surface area (Å²) in [5, 5.41) is 16.7. The molecule has 12 N–H and O–H groups in total. The Hall–Kier alpha value is -3.07. The lowest BCUT2D eigenvalue weighted by Gasteiger charge is -2.25. The molecule has 15 heteroatoms. The van der Waals surface area contributed by atoms with Gasteiger partial charge < -0.3 is 44.0 Å². The number of nitrogens with zero attached hydrogens (tertiary/aromatic N) is 1. The van der Waals surface area contributed by atoms with Crippen molar-refractivity contribution in [2.75, 3.05) is 18.6 Å². The van der Waals surface area contributed by atoms with Crippen LogP contribution in [0.4, 0.5) is 0 Å². The van der Waals surface area contributed by atoms with E-state index in [4.69, 9.17) is 22.9 Å². The number of nitrogens with two attached hydrogens (primary N) is 4. The number of nitrogens with one attached hydrogen (secondary N) is 3. The van der Waals surface area contributed by atoms with Gasteiger partial charge in [0.25, 0.3) is 0 Å². The van der Waals surface area contributed by atoms with E-state index in [1.165, 1.54) is 11.8 Å². The van der Waals surface area contributed by atoms with Gasteiger partial charge in [-0.3, -0.25) is 24.2 Å². The maximum atomic E-state index is 13.0. The van der Waals surface area contributed by atoms with Crippen LogP contribution < -0.4 is 38.9 Å². The van der Waals surface area contributed by atoms with E-state index in [0.29, 0.717) is 12.2 Å². The summed E-state index contributed by atoms with van der Waals surface area (Å²) in [6, 6.07) is -4.62. The Balaban J connectivity index is 5.45. The van der Waals surface area contributed by atoms with E-state index in [2.05, 4.69) is 20.9 Å². The highest BCUT2D eigenvalue weighted by atomic mass is 32.2. The number of guanidine groups is 1. The molecule has 206 valence electrons. The minimum absolute atomic E-state index is 0.00490. The fraction of sp³-hybridized carbons (Fsp3) is 0.714. The highest BCUT2D eigenvalue weighted by Crippen LogP contribution is 2.08. The van der Waals surface area contributed by atoms with E-state index in [0.717, 1.165) is 0 Å². The molecule has 0 aliphatic rings. The third-order valence-electron chi connectivity index (χ3n) is 4.91. The summed E-state index contributed by atoms with van der Waals surface area (Å²) in [4.78, 5) is 65.1. The normalized spacial score (nSPS) is 14.1. The molecule has 0 fully saturated rings. The van der Waals surface area contributed by atoms with Crippen molar-refractivity contribution in [3.05, 3.63) is 0 Å². The van der Waals surface area contributed by atoms with Crippen molar-refractivity contribution in [2.45, 2.75) is 70.1 Å². The molecule has 0 aromatic carbocycles. The monoisotopic (exact) mass is 532 g/mol. The molecule has 4 unspecified atom stereocenters. The zero-order valence-corrected chi connectivity index (χ0v) is 21.8. The van der Waals surface area contributed by atoms with Gasteiger partial charge in [0.1, 0.15) is 18.1 Å². The fourth-order valence-corrected chi connectivity index (χ4v) is 3.56. The van der Waals surface area contributed by atoms with Crippen LogP contribution in [0.5, 0.6) is 0 Å². The van der Waals surface area contributed by atoms with Gasteiger partial charge in [0.2, 0.25) is 23.6 Å². The Bertz CT molecular complexity index is 790. The van der Waals surface area contributed by atoms with Crippen molar-refractivity contribution in [2.24, 2.45) is 33.8 Å². The van der Waals surface area contributed by atoms with Gasteiger partial charge in [-0.05, 0) is 43.6 Å². The molecule has 36 heavy (non-hydrogen) atoms. The van der Waals surface area contributed by atoms with Crippen molar-refractivity contribution in [1.29, 1.82) is 0 Å². The first-order valence-corrected chi connectivity index (χ1v) is 12.9. The first-order valence-electron chi connectivity index (χ1n) is 11.5. The summed E-state index contributed by atoms with van der Waals surface area (Å²) in [5.74, 6) is -3.87. The molecule has 0 aliphatic carbocycles. The van der Waals surface area contributed by atoms with Crippen molar-refractivity contribution in [1.82, 2.24) is 16.0 Å². The standard InChI is InChI=1S/C21H40N8O6S/c1-11(2)9-14(28-17(31)12(22)6-8-36-3)18(32)29-15(10-16(23)30)19(33)27-13(20(34)35)5-4-7-26-21(24)25/h11-15H,4-10,22H2,1-3H3,(H2,23,30)(H,27,33)(H,28,31)(H,29,32)(H,34,35)(H4,24,25,26). The molecular weight excluding hydrogens is 492 g/mol. The van der Waals surface area contributed by atoms with Crippen LogP contribution in [0.2, 0.25) is 0 Å². The molecule has 0 saturated carbocycles. The number of carbonyl (C=O) groups is 5. The third kappa shape index (κ3) is 14.4. The van der Waals surface area contributed by atoms with E-state index in [9.17, 15) is 29.1 Å². The molecule has 0 saturated heterocycles. The van der Waals surface area contributed by atoms with E-state index in [1.54, 1.807) is 0 Å². The number of carbonyl (C=O) groups excluding carboxylic acids is 4. The van der Waals surface area contributed by atoms with Crippen molar-refractivity contribution in [3.8, 4) is 0 Å². The van der Waals surface area contributed by atoms with Gasteiger partial charge in [-0.25, -0.2) is 4.79 Å². The zero-order chi connectivity index (χ0) is 27.8. The van der Waals surface area contributed by atoms with E-state index >= 15 is 0 Å². The summed E-state index contributed by atoms with van der Waals surface area (Å²) in [6.45, 7) is 3.83. The smallest absolute Gasteiger partial charge is 0.326 e. The lowest BCUT2D eigenvalue weighted by atomic mass is 10.0. The molecule has 4 amide bonds. The predicted octanol–water partition coefficient (Wildman–Crippen LogP) is -2.42. The molecule has 14 nitrogen and oxygen atoms in total. The predicted molar refractivity (Wildman–Crippen MR) is 138 cm³/mol. The lowest BCUT2D eigenvalue weighted by molar-refractivity contribution is -0.142. The van der Waals surface area contributed by atoms with Crippen LogP contribution in [0.25, 0.3) is 0 Å². The van der Waals surface area contributed by atoms with Crippen molar-refractivity contribution >= 4 is 47.3 Å². The molecule has 0 aromatic heterocycles. The number of hydrogen-bond acceptors (Lipinski definition) is 8. The number of carboxylic acid groups (broad SMARTS) is 1. The highest BCUT2D eigenvalue weighted by molar-refractivity contribution is 7.98. The quantitative estimate of drug-likeness (QED) is 0.0526. The summed E-state index contributed by atoms with van der Waals surface area (Å²) in [6.07, 6.45) is 2.20. The van der Waals surface area contributed by atoms with Gasteiger partial charge in [0, 0.05) is 6.54 Å². The Morgan fingerprint density at radius 3 is 1.94 bits per heavy atom. The molecule has 0 heterocycles. The van der Waals surface area contributed by atoms with Crippen molar-refractivity contribution in [3.63, 3.8) is 0 Å². The van der Waals surface area contributed by atoms with E-state index < -0.39 is 60.2 Å². The fourth-order valence-electron chi connectivity index (χ4n) is 3.07. The average molecular weight is 533 g/mol. The SMILES string of the molecule is CSCCC(N)C(=O)NC(CC(C)C)C(=O)NC(CC(N)=O)C(=O)NC(CCCN=C(N)N)C(=O)O. The maximum Gasteiger partial charge on any atom is 0.326 e. The highest BCUT2D eigenvalue weighted by Gasteiger charge is 2.31. The number of carboxylic acids is 1. The zero-order valence-electron chi connectivity index (χ0n) is 21.0. The molecule has 0 rings (SSSR count). The molecule has 0 spiro atoms. The minimum atomic E-state index is -1.45. The Morgan fingerprint density at radius 2 is 1.44 bits per heavy atom. The molecule has 0 aromatic rings. The second-order valence-corrected chi connectivity index (χ2v) is 9.64. The number of amides is 4. The Labute approximate surface area is 215 Å². The summed E-state index contributed by atoms with van der Waals surface area (Å²) < 4.78 is 0. The van der Waals surface area contributed by atoms with Crippen LogP contribution in [0.3, 0.4) is 0 Å². The molecule has 0 radical (unpaired) electrons. The molecule has 4 atom stereocenters. The molecule has 0 bridgehead atoms. The summed E-state index contributed by atoms with van der Waals surface area (Å²) in [5.41, 5.74) is 21.6. The van der Waals surface area contributed by atoms with Gasteiger partial charge in [-0.15, -0.1) is 0 Å². The number of aliphatic carboxylic acids is 1. The van der Waals surface area contributed by atoms with Crippen LogP contribution >= 0.6 is 11.8 Å². The molecular formula is C21H40N8O6S. The Kier molecular flexibility index (Phi) is 15.9. The van der Waals surface area contributed by atoms with Gasteiger partial charge in [0.05, 0.1) is 12.5 Å². The number of hydrogen-bond donors (Lipinski definition) is 8. The van der Waals surface area contributed by atoms with Crippen LogP contribution in [-0.2, 0) is 24.0 Å². The van der Waals surface area contributed by atoms with Crippen LogP contribution in [0.1, 0.15) is 46.0 Å². The number of thioether (sulfide) groups is 1. The van der Waals surface area contributed by atoms with Gasteiger partial charge in [-0.2, -0.15) is 11.8 Å². The number of rotatable bonds is 18. The largest absolute Gasteiger partial charge is 0.480 e. The van der Waals surface area contributed by atoms with Crippen molar-refractivity contribution < 1.29 is 29.1 Å². The minimum Gasteiger partial charge on any atom is -0.480 e. The summed E-state index contributed by atoms with van der Waals surface area (Å²) >= 11 is 1.53. The van der Waals surface area contributed by atoms with E-state index in [-0.39, 0.29) is 37.7 Å². The average Bonchev–Trinajstić information content (AvgIpc) is 2.77. The number of aliphatic imine (C=N–C) groups is 1. The Morgan fingerprint density at radius 1 is 0.889 bits per heavy atom. The van der Waals surface area contributed by atoms with Crippen LogP contribution in [-0.4, -0.2) is 83.4 Å². The van der Waals surface area contributed by atoms with Crippen LogP contribution in [0.15, 0.2) is 4.99 Å². The van der Waals surface area contributed by atoms with Crippen LogP contribution in [0, 0.1) is 5.92 Å². The van der Waals surface area contributed by atoms with Gasteiger partial charge in [-0.1, -0.05) is 13.8 Å². The lowest BCUT2D eigenvalue weighted by Crippen LogP contribution is -2.58. The first kappa shape index (κ1) is 32.9. The topological polar surface area (TPSA) is 258 Å². The first-order chi connectivity index (χ1) is 16.8. The van der Waals surface area contributed by atoms with E-state index in [1.807, 2.05) is 20.1 Å². The summed E-state index contributed by atoms with van der Waals surface area (Å²) in [7, 11) is 0. The second kappa shape index (κ2) is 17.4.